The number of alkyl halides is 3. The molecule has 23 heavy (non-hydrogen) atoms. The highest BCUT2D eigenvalue weighted by Crippen LogP contribution is 2.33. The number of nitrogens with zero attached hydrogens (tertiary/aromatic N) is 1. The molecule has 1 heterocycles. The third kappa shape index (κ3) is 4.68. The van der Waals surface area contributed by atoms with Crippen LogP contribution in [0.3, 0.4) is 0 Å². The zero-order chi connectivity index (χ0) is 17.1. The van der Waals surface area contributed by atoms with Crippen LogP contribution in [0.4, 0.5) is 13.2 Å². The normalized spacial score (nSPS) is 20.6. The molecule has 130 valence electrons. The maximum Gasteiger partial charge on any atom is 0.416 e. The molecule has 4 nitrogen and oxygen atoms in total. The maximum absolute atomic E-state index is 13.0. The molecule has 0 bridgehead atoms. The molecule has 8 heteroatoms. The van der Waals surface area contributed by atoms with Gasteiger partial charge in [0, 0.05) is 13.1 Å². The van der Waals surface area contributed by atoms with Gasteiger partial charge in [-0.25, -0.2) is 12.7 Å². The summed E-state index contributed by atoms with van der Waals surface area (Å²) < 4.78 is 65.3. The highest BCUT2D eigenvalue weighted by atomic mass is 32.2. The minimum absolute atomic E-state index is 0.182. The van der Waals surface area contributed by atoms with Crippen molar-refractivity contribution in [3.05, 3.63) is 35.4 Å². The fourth-order valence-electron chi connectivity index (χ4n) is 2.96. The fraction of sp³-hybridized carbons (Fsp3) is 0.600. The number of piperidine rings is 1. The first-order valence-electron chi connectivity index (χ1n) is 7.57. The Balaban J connectivity index is 2.19. The molecule has 0 aromatic heterocycles. The summed E-state index contributed by atoms with van der Waals surface area (Å²) in [6.45, 7) is 1.18. The Morgan fingerprint density at radius 2 is 1.96 bits per heavy atom. The van der Waals surface area contributed by atoms with Gasteiger partial charge in [0.1, 0.15) is 0 Å². The molecule has 2 N–H and O–H groups in total. The SMILES string of the molecule is NCCC1CCCN(S(=O)(=O)Cc2ccccc2C(F)(F)F)C1. The first-order valence-corrected chi connectivity index (χ1v) is 9.18. The van der Waals surface area contributed by atoms with E-state index in [4.69, 9.17) is 5.73 Å². The number of hydrogen-bond donors (Lipinski definition) is 1. The molecule has 0 spiro atoms. The van der Waals surface area contributed by atoms with Crippen molar-refractivity contribution in [1.29, 1.82) is 0 Å². The van der Waals surface area contributed by atoms with E-state index in [9.17, 15) is 21.6 Å². The van der Waals surface area contributed by atoms with Crippen molar-refractivity contribution in [2.24, 2.45) is 11.7 Å². The minimum atomic E-state index is -4.56. The van der Waals surface area contributed by atoms with Crippen LogP contribution in [0.15, 0.2) is 24.3 Å². The van der Waals surface area contributed by atoms with Gasteiger partial charge in [-0.3, -0.25) is 0 Å². The molecule has 1 aromatic carbocycles. The Morgan fingerprint density at radius 1 is 1.26 bits per heavy atom. The highest BCUT2D eigenvalue weighted by Gasteiger charge is 2.35. The van der Waals surface area contributed by atoms with E-state index in [1.165, 1.54) is 22.5 Å². The topological polar surface area (TPSA) is 63.4 Å². The first kappa shape index (κ1) is 18.2. The predicted molar refractivity (Wildman–Crippen MR) is 82.0 cm³/mol. The van der Waals surface area contributed by atoms with E-state index in [-0.39, 0.29) is 11.5 Å². The Morgan fingerprint density at radius 3 is 2.61 bits per heavy atom. The van der Waals surface area contributed by atoms with Crippen molar-refractivity contribution >= 4 is 10.0 Å². The number of sulfonamides is 1. The summed E-state index contributed by atoms with van der Waals surface area (Å²) in [6, 6.07) is 4.82. The third-order valence-electron chi connectivity index (χ3n) is 4.11. The van der Waals surface area contributed by atoms with Crippen LogP contribution in [0.5, 0.6) is 0 Å². The van der Waals surface area contributed by atoms with Gasteiger partial charge in [0.05, 0.1) is 11.3 Å². The number of hydrogen-bond acceptors (Lipinski definition) is 3. The van der Waals surface area contributed by atoms with E-state index in [2.05, 4.69) is 0 Å². The zero-order valence-corrected chi connectivity index (χ0v) is 13.5. The number of benzene rings is 1. The lowest BCUT2D eigenvalue weighted by atomic mass is 9.96. The molecule has 1 saturated heterocycles. The van der Waals surface area contributed by atoms with Gasteiger partial charge in [0.25, 0.3) is 0 Å². The summed E-state index contributed by atoms with van der Waals surface area (Å²) in [6.07, 6.45) is -2.21. The molecule has 1 aliphatic heterocycles. The molecule has 1 unspecified atom stereocenters. The van der Waals surface area contributed by atoms with Gasteiger partial charge in [-0.2, -0.15) is 13.2 Å². The summed E-state index contributed by atoms with van der Waals surface area (Å²) >= 11 is 0. The third-order valence-corrected chi connectivity index (χ3v) is 5.90. The summed E-state index contributed by atoms with van der Waals surface area (Å²) in [5.41, 5.74) is 4.41. The van der Waals surface area contributed by atoms with Crippen molar-refractivity contribution in [3.63, 3.8) is 0 Å². The van der Waals surface area contributed by atoms with Crippen molar-refractivity contribution in [3.8, 4) is 0 Å². The van der Waals surface area contributed by atoms with Crippen molar-refractivity contribution in [2.75, 3.05) is 19.6 Å². The second-order valence-corrected chi connectivity index (χ2v) is 7.82. The Kier molecular flexibility index (Phi) is 5.70. The smallest absolute Gasteiger partial charge is 0.330 e. The second-order valence-electron chi connectivity index (χ2n) is 5.85. The molecule has 0 aliphatic carbocycles. The van der Waals surface area contributed by atoms with Gasteiger partial charge >= 0.3 is 6.18 Å². The summed E-state index contributed by atoms with van der Waals surface area (Å²) in [7, 11) is -3.78. The van der Waals surface area contributed by atoms with E-state index in [0.717, 1.165) is 18.9 Å². The van der Waals surface area contributed by atoms with Gasteiger partial charge in [-0.05, 0) is 43.4 Å². The van der Waals surface area contributed by atoms with Crippen LogP contribution < -0.4 is 5.73 Å². The molecular weight excluding hydrogens is 329 g/mol. The highest BCUT2D eigenvalue weighted by molar-refractivity contribution is 7.88. The summed E-state index contributed by atoms with van der Waals surface area (Å²) in [5.74, 6) is -0.445. The van der Waals surface area contributed by atoms with Gasteiger partial charge < -0.3 is 5.73 Å². The molecule has 1 aliphatic rings. The van der Waals surface area contributed by atoms with Crippen LogP contribution in [0.25, 0.3) is 0 Å². The molecule has 1 fully saturated rings. The van der Waals surface area contributed by atoms with Crippen LogP contribution in [-0.2, 0) is 22.0 Å². The molecule has 2 rings (SSSR count). The van der Waals surface area contributed by atoms with Crippen LogP contribution >= 0.6 is 0 Å². The van der Waals surface area contributed by atoms with Crippen molar-refractivity contribution in [2.45, 2.75) is 31.2 Å². The van der Waals surface area contributed by atoms with Crippen molar-refractivity contribution in [1.82, 2.24) is 4.31 Å². The van der Waals surface area contributed by atoms with Crippen molar-refractivity contribution < 1.29 is 21.6 Å². The van der Waals surface area contributed by atoms with E-state index >= 15 is 0 Å². The van der Waals surface area contributed by atoms with Crippen LogP contribution in [-0.4, -0.2) is 32.4 Å². The van der Waals surface area contributed by atoms with E-state index < -0.39 is 27.5 Å². The predicted octanol–water partition coefficient (Wildman–Crippen LogP) is 2.60. The van der Waals surface area contributed by atoms with Gasteiger partial charge in [-0.15, -0.1) is 0 Å². The Labute approximate surface area is 134 Å². The quantitative estimate of drug-likeness (QED) is 0.888. The fourth-order valence-corrected chi connectivity index (χ4v) is 4.63. The molecule has 0 amide bonds. The molecular formula is C15H21F3N2O2S. The number of nitrogens with two attached hydrogens (primary N) is 1. The minimum Gasteiger partial charge on any atom is -0.330 e. The summed E-state index contributed by atoms with van der Waals surface area (Å²) in [4.78, 5) is 0. The molecule has 0 saturated carbocycles. The summed E-state index contributed by atoms with van der Waals surface area (Å²) in [5, 5.41) is 0. The first-order chi connectivity index (χ1) is 10.7. The Bertz CT molecular complexity index is 630. The van der Waals surface area contributed by atoms with Gasteiger partial charge in [0.15, 0.2) is 0 Å². The Hall–Kier alpha value is -1.12. The monoisotopic (exact) mass is 350 g/mol. The standard InChI is InChI=1S/C15H21F3N2O2S/c16-15(17,18)14-6-2-1-5-13(14)11-23(21,22)20-9-3-4-12(10-20)7-8-19/h1-2,5-6,12H,3-4,7-11,19H2. The van der Waals surface area contributed by atoms with E-state index in [1.54, 1.807) is 0 Å². The lowest BCUT2D eigenvalue weighted by molar-refractivity contribution is -0.138. The largest absolute Gasteiger partial charge is 0.416 e. The average molecular weight is 350 g/mol. The second kappa shape index (κ2) is 7.19. The van der Waals surface area contributed by atoms with E-state index in [0.29, 0.717) is 26.1 Å². The van der Waals surface area contributed by atoms with Gasteiger partial charge in [0.2, 0.25) is 10.0 Å². The lowest BCUT2D eigenvalue weighted by Crippen LogP contribution is -2.41. The van der Waals surface area contributed by atoms with E-state index in [1.807, 2.05) is 0 Å². The average Bonchev–Trinajstić information content (AvgIpc) is 2.47. The van der Waals surface area contributed by atoms with Crippen LogP contribution in [0.2, 0.25) is 0 Å². The van der Waals surface area contributed by atoms with Crippen LogP contribution in [0, 0.1) is 5.92 Å². The number of halogens is 3. The molecule has 0 radical (unpaired) electrons. The van der Waals surface area contributed by atoms with Crippen LogP contribution in [0.1, 0.15) is 30.4 Å². The maximum atomic E-state index is 13.0. The van der Waals surface area contributed by atoms with Gasteiger partial charge in [-0.1, -0.05) is 18.2 Å². The zero-order valence-electron chi connectivity index (χ0n) is 12.7. The molecule has 1 atom stereocenters. The lowest BCUT2D eigenvalue weighted by Gasteiger charge is -2.32. The molecule has 1 aromatic rings. The number of rotatable bonds is 5.